The van der Waals surface area contributed by atoms with E-state index in [2.05, 4.69) is 37.7 Å². The summed E-state index contributed by atoms with van der Waals surface area (Å²) in [7, 11) is 4.11. The molecule has 0 aromatic heterocycles. The molecule has 114 valence electrons. The van der Waals surface area contributed by atoms with Gasteiger partial charge in [0.2, 0.25) is 0 Å². The fourth-order valence-corrected chi connectivity index (χ4v) is 2.31. The number of halogens is 1. The van der Waals surface area contributed by atoms with Crippen molar-refractivity contribution in [3.8, 4) is 0 Å². The molecule has 1 rings (SSSR count). The van der Waals surface area contributed by atoms with Crippen LogP contribution in [0.5, 0.6) is 0 Å². The summed E-state index contributed by atoms with van der Waals surface area (Å²) in [6, 6.07) is 5.31. The summed E-state index contributed by atoms with van der Waals surface area (Å²) in [5.41, 5.74) is 7.36. The Morgan fingerprint density at radius 3 is 2.45 bits per heavy atom. The molecule has 0 amide bonds. The Kier molecular flexibility index (Phi) is 6.96. The molecule has 3 nitrogen and oxygen atoms in total. The molecule has 20 heavy (non-hydrogen) atoms. The zero-order valence-electron chi connectivity index (χ0n) is 13.2. The summed E-state index contributed by atoms with van der Waals surface area (Å²) in [6.45, 7) is 7.61. The van der Waals surface area contributed by atoms with Crippen molar-refractivity contribution < 1.29 is 4.39 Å². The number of nitrogens with zero attached hydrogens (tertiary/aromatic N) is 2. The molecule has 0 aliphatic rings. The third-order valence-electron chi connectivity index (χ3n) is 3.23. The predicted octanol–water partition coefficient (Wildman–Crippen LogP) is 2.35. The largest absolute Gasteiger partial charge is 0.370 e. The highest BCUT2D eigenvalue weighted by atomic mass is 19.1. The molecule has 0 fully saturated rings. The lowest BCUT2D eigenvalue weighted by atomic mass is 10.1. The van der Waals surface area contributed by atoms with E-state index in [1.165, 1.54) is 6.07 Å². The molecule has 0 spiro atoms. The van der Waals surface area contributed by atoms with Crippen molar-refractivity contribution in [2.75, 3.05) is 45.2 Å². The molecule has 1 aromatic carbocycles. The average molecular weight is 281 g/mol. The summed E-state index contributed by atoms with van der Waals surface area (Å²) >= 11 is 0. The Labute approximate surface area is 122 Å². The van der Waals surface area contributed by atoms with Gasteiger partial charge in [-0.05, 0) is 45.1 Å². The van der Waals surface area contributed by atoms with Gasteiger partial charge in [-0.1, -0.05) is 19.9 Å². The van der Waals surface area contributed by atoms with Gasteiger partial charge in [-0.25, -0.2) is 4.39 Å². The number of benzene rings is 1. The summed E-state index contributed by atoms with van der Waals surface area (Å²) in [5.74, 6) is 0.387. The maximum Gasteiger partial charge on any atom is 0.128 e. The number of hydrogen-bond acceptors (Lipinski definition) is 3. The van der Waals surface area contributed by atoms with E-state index < -0.39 is 0 Å². The maximum atomic E-state index is 14.0. The monoisotopic (exact) mass is 281 g/mol. The van der Waals surface area contributed by atoms with E-state index in [4.69, 9.17) is 5.73 Å². The summed E-state index contributed by atoms with van der Waals surface area (Å²) in [5, 5.41) is 0. The Bertz CT molecular complexity index is 405. The van der Waals surface area contributed by atoms with Crippen molar-refractivity contribution in [1.29, 1.82) is 0 Å². The predicted molar refractivity (Wildman–Crippen MR) is 84.8 cm³/mol. The van der Waals surface area contributed by atoms with E-state index in [1.54, 1.807) is 6.07 Å². The number of hydrogen-bond donors (Lipinski definition) is 1. The van der Waals surface area contributed by atoms with Crippen molar-refractivity contribution in [2.24, 2.45) is 11.7 Å². The summed E-state index contributed by atoms with van der Waals surface area (Å²) in [4.78, 5) is 4.42. The molecule has 2 N–H and O–H groups in total. The zero-order valence-corrected chi connectivity index (χ0v) is 13.2. The lowest BCUT2D eigenvalue weighted by Crippen LogP contribution is -2.35. The molecular weight excluding hydrogens is 253 g/mol. The molecular formula is C16H28FN3. The van der Waals surface area contributed by atoms with Gasteiger partial charge in [0.1, 0.15) is 5.82 Å². The second-order valence-electron chi connectivity index (χ2n) is 5.92. The van der Waals surface area contributed by atoms with Gasteiger partial charge in [-0.3, -0.25) is 0 Å². The van der Waals surface area contributed by atoms with Crippen LogP contribution < -0.4 is 10.6 Å². The van der Waals surface area contributed by atoms with Gasteiger partial charge in [0.15, 0.2) is 0 Å². The number of rotatable bonds is 8. The lowest BCUT2D eigenvalue weighted by Gasteiger charge is -2.30. The fourth-order valence-electron chi connectivity index (χ4n) is 2.31. The maximum absolute atomic E-state index is 14.0. The van der Waals surface area contributed by atoms with Gasteiger partial charge in [-0.2, -0.15) is 0 Å². The van der Waals surface area contributed by atoms with E-state index in [-0.39, 0.29) is 5.82 Å². The number of nitrogens with two attached hydrogens (primary N) is 1. The Hall–Kier alpha value is -1.13. The average Bonchev–Trinajstić information content (AvgIpc) is 2.36. The van der Waals surface area contributed by atoms with E-state index in [0.717, 1.165) is 30.9 Å². The van der Waals surface area contributed by atoms with Crippen molar-refractivity contribution in [1.82, 2.24) is 4.90 Å². The standard InChI is InChI=1S/C16H28FN3/c1-13(2)12-20(11-10-19(3)4)16-7-5-6-15(17)14(16)8-9-18/h5-7,13H,8-12,18H2,1-4H3. The van der Waals surface area contributed by atoms with E-state index in [0.29, 0.717) is 18.9 Å². The van der Waals surface area contributed by atoms with Gasteiger partial charge in [-0.15, -0.1) is 0 Å². The first-order valence-corrected chi connectivity index (χ1v) is 7.32. The highest BCUT2D eigenvalue weighted by molar-refractivity contribution is 5.54. The van der Waals surface area contributed by atoms with Crippen molar-refractivity contribution in [3.05, 3.63) is 29.6 Å². The third-order valence-corrected chi connectivity index (χ3v) is 3.23. The second kappa shape index (κ2) is 8.22. The molecule has 0 bridgehead atoms. The highest BCUT2D eigenvalue weighted by Crippen LogP contribution is 2.24. The van der Waals surface area contributed by atoms with E-state index in [9.17, 15) is 4.39 Å². The Morgan fingerprint density at radius 2 is 1.90 bits per heavy atom. The lowest BCUT2D eigenvalue weighted by molar-refractivity contribution is 0.408. The van der Waals surface area contributed by atoms with Gasteiger partial charge in [0, 0.05) is 30.9 Å². The Balaban J connectivity index is 3.02. The van der Waals surface area contributed by atoms with Gasteiger partial charge >= 0.3 is 0 Å². The highest BCUT2D eigenvalue weighted by Gasteiger charge is 2.15. The van der Waals surface area contributed by atoms with Crippen LogP contribution in [-0.4, -0.2) is 45.2 Å². The molecule has 0 aliphatic heterocycles. The first-order chi connectivity index (χ1) is 9.45. The van der Waals surface area contributed by atoms with Crippen LogP contribution in [0.4, 0.5) is 10.1 Å². The molecule has 0 heterocycles. The molecule has 0 saturated heterocycles. The van der Waals surface area contributed by atoms with E-state index >= 15 is 0 Å². The third kappa shape index (κ3) is 5.10. The normalized spacial score (nSPS) is 11.4. The topological polar surface area (TPSA) is 32.5 Å². The minimum absolute atomic E-state index is 0.147. The second-order valence-corrected chi connectivity index (χ2v) is 5.92. The fraction of sp³-hybridized carbons (Fsp3) is 0.625. The zero-order chi connectivity index (χ0) is 15.1. The van der Waals surface area contributed by atoms with Crippen LogP contribution in [0.2, 0.25) is 0 Å². The van der Waals surface area contributed by atoms with Gasteiger partial charge in [0.05, 0.1) is 0 Å². The molecule has 0 unspecified atom stereocenters. The summed E-state index contributed by atoms with van der Waals surface area (Å²) < 4.78 is 14.0. The van der Waals surface area contributed by atoms with Crippen molar-refractivity contribution in [2.45, 2.75) is 20.3 Å². The quantitative estimate of drug-likeness (QED) is 0.794. The molecule has 1 aromatic rings. The van der Waals surface area contributed by atoms with Crippen LogP contribution in [0.1, 0.15) is 19.4 Å². The SMILES string of the molecule is CC(C)CN(CCN(C)C)c1cccc(F)c1CCN. The van der Waals surface area contributed by atoms with Crippen LogP contribution >= 0.6 is 0 Å². The minimum atomic E-state index is -0.147. The molecule has 0 saturated carbocycles. The van der Waals surface area contributed by atoms with Crippen molar-refractivity contribution >= 4 is 5.69 Å². The van der Waals surface area contributed by atoms with E-state index in [1.807, 2.05) is 6.07 Å². The molecule has 4 heteroatoms. The van der Waals surface area contributed by atoms with Crippen LogP contribution in [0.3, 0.4) is 0 Å². The van der Waals surface area contributed by atoms with Gasteiger partial charge in [0.25, 0.3) is 0 Å². The first-order valence-electron chi connectivity index (χ1n) is 7.32. The first kappa shape index (κ1) is 16.9. The van der Waals surface area contributed by atoms with Crippen LogP contribution in [-0.2, 0) is 6.42 Å². The Morgan fingerprint density at radius 1 is 1.20 bits per heavy atom. The number of likely N-dealkylation sites (N-methyl/N-ethyl adjacent to an activating group) is 1. The van der Waals surface area contributed by atoms with Crippen LogP contribution in [0, 0.1) is 11.7 Å². The smallest absolute Gasteiger partial charge is 0.128 e. The number of anilines is 1. The molecule has 0 aliphatic carbocycles. The van der Waals surface area contributed by atoms with Crippen LogP contribution in [0.25, 0.3) is 0 Å². The van der Waals surface area contributed by atoms with Crippen molar-refractivity contribution in [3.63, 3.8) is 0 Å². The molecule has 0 radical (unpaired) electrons. The minimum Gasteiger partial charge on any atom is -0.370 e. The van der Waals surface area contributed by atoms with Crippen LogP contribution in [0.15, 0.2) is 18.2 Å². The van der Waals surface area contributed by atoms with Gasteiger partial charge < -0.3 is 15.5 Å². The summed E-state index contributed by atoms with van der Waals surface area (Å²) in [6.07, 6.45) is 0.582. The molecule has 0 atom stereocenters.